The van der Waals surface area contributed by atoms with Crippen molar-refractivity contribution in [1.29, 1.82) is 0 Å². The van der Waals surface area contributed by atoms with E-state index >= 15 is 0 Å². The van der Waals surface area contributed by atoms with Crippen molar-refractivity contribution in [2.45, 2.75) is 50.1 Å². The Morgan fingerprint density at radius 2 is 1.92 bits per heavy atom. The molecular weight excluding hydrogens is 675 g/mol. The number of aromatic amines is 1. The van der Waals surface area contributed by atoms with Gasteiger partial charge in [0.25, 0.3) is 11.8 Å². The molecule has 2 saturated heterocycles. The maximum atomic E-state index is 14.5. The number of carbonyl (C=O) groups is 1. The molecule has 2 aliphatic carbocycles. The molecule has 10 nitrogen and oxygen atoms in total. The minimum Gasteiger partial charge on any atom is -0.493 e. The van der Waals surface area contributed by atoms with Gasteiger partial charge in [-0.15, -0.1) is 16.4 Å². The van der Waals surface area contributed by atoms with Gasteiger partial charge in [0, 0.05) is 38.8 Å². The second-order valence-corrected chi connectivity index (χ2v) is 14.9. The minimum atomic E-state index is -0.714. The van der Waals surface area contributed by atoms with E-state index in [0.717, 1.165) is 56.6 Å². The lowest BCUT2D eigenvalue weighted by Gasteiger charge is -2.37. The maximum absolute atomic E-state index is 14.5. The van der Waals surface area contributed by atoms with Crippen LogP contribution in [0.2, 0.25) is 0 Å². The van der Waals surface area contributed by atoms with E-state index in [4.69, 9.17) is 19.1 Å². The number of anilines is 1. The zero-order valence-corrected chi connectivity index (χ0v) is 28.2. The number of methoxy groups -OCH3 is 1. The van der Waals surface area contributed by atoms with Gasteiger partial charge in [-0.3, -0.25) is 9.78 Å². The minimum absolute atomic E-state index is 0.0564. The summed E-state index contributed by atoms with van der Waals surface area (Å²) in [4.78, 5) is 39.5. The molecule has 0 radical (unpaired) electrons. The van der Waals surface area contributed by atoms with Crippen molar-refractivity contribution >= 4 is 33.1 Å². The molecule has 2 aromatic carbocycles. The van der Waals surface area contributed by atoms with Gasteiger partial charge in [-0.25, -0.2) is 23.7 Å². The number of halogens is 2. The van der Waals surface area contributed by atoms with Crippen LogP contribution >= 0.6 is 11.3 Å². The van der Waals surface area contributed by atoms with Gasteiger partial charge in [-0.05, 0) is 85.9 Å². The van der Waals surface area contributed by atoms with Gasteiger partial charge in [-0.1, -0.05) is 18.2 Å². The highest BCUT2D eigenvalue weighted by atomic mass is 32.1. The molecule has 51 heavy (non-hydrogen) atoms. The largest absolute Gasteiger partial charge is 0.493 e. The molecule has 13 heteroatoms. The average Bonchev–Trinajstić information content (AvgIpc) is 3.96. The van der Waals surface area contributed by atoms with E-state index in [1.54, 1.807) is 24.4 Å². The topological polar surface area (TPSA) is 126 Å². The summed E-state index contributed by atoms with van der Waals surface area (Å²) in [5.41, 5.74) is 5.38. The number of fused-ring (bicyclic) bond motifs is 3. The van der Waals surface area contributed by atoms with Crippen molar-refractivity contribution in [3.8, 4) is 27.6 Å². The molecule has 6 aromatic rings. The Balaban J connectivity index is 1.14. The summed E-state index contributed by atoms with van der Waals surface area (Å²) in [5.74, 6) is -0.0181. The fourth-order valence-electron chi connectivity index (χ4n) is 8.88. The van der Waals surface area contributed by atoms with Crippen LogP contribution in [0.5, 0.6) is 5.75 Å². The monoisotopic (exact) mass is 704 g/mol. The molecule has 2 N–H and O–H groups in total. The summed E-state index contributed by atoms with van der Waals surface area (Å²) < 4.78 is 40.2. The molecule has 256 valence electrons. The molecule has 0 unspecified atom stereocenters. The summed E-state index contributed by atoms with van der Waals surface area (Å²) in [6, 6.07) is 13.5. The number of H-pyrrole nitrogens is 1. The Kier molecular flexibility index (Phi) is 6.58. The van der Waals surface area contributed by atoms with Crippen LogP contribution in [-0.4, -0.2) is 44.6 Å². The van der Waals surface area contributed by atoms with Crippen LogP contribution in [0.4, 0.5) is 14.6 Å². The third-order valence-electron chi connectivity index (χ3n) is 11.1. The number of thiophene rings is 1. The van der Waals surface area contributed by atoms with Crippen molar-refractivity contribution in [1.82, 2.24) is 25.1 Å². The number of hydrogen-bond acceptors (Lipinski definition) is 9. The maximum Gasteiger partial charge on any atom is 0.434 e. The second-order valence-electron chi connectivity index (χ2n) is 13.9. The van der Waals surface area contributed by atoms with Crippen LogP contribution in [0.25, 0.3) is 32.0 Å². The van der Waals surface area contributed by atoms with E-state index < -0.39 is 11.3 Å². The van der Waals surface area contributed by atoms with Crippen molar-refractivity contribution in [2.24, 2.45) is 5.92 Å². The predicted octanol–water partition coefficient (Wildman–Crippen LogP) is 6.95. The molecule has 2 bridgehead atoms. The smallest absolute Gasteiger partial charge is 0.434 e. The van der Waals surface area contributed by atoms with Crippen LogP contribution in [0.3, 0.4) is 0 Å². The lowest BCUT2D eigenvalue weighted by molar-refractivity contribution is 0.0637. The van der Waals surface area contributed by atoms with E-state index in [9.17, 15) is 18.4 Å². The third-order valence-corrected chi connectivity index (χ3v) is 12.2. The average molecular weight is 705 g/mol. The molecule has 1 saturated carbocycles. The fraction of sp³-hybridized carbons (Fsp3) is 0.289. The van der Waals surface area contributed by atoms with E-state index in [1.165, 1.54) is 36.6 Å². The first kappa shape index (κ1) is 30.4. The van der Waals surface area contributed by atoms with Crippen molar-refractivity contribution < 1.29 is 22.7 Å². The number of aryl methyl sites for hydroxylation is 2. The normalized spacial score (nSPS) is 21.2. The number of ether oxygens (including phenoxy) is 1. The summed E-state index contributed by atoms with van der Waals surface area (Å²) in [7, 11) is 1.49. The summed E-state index contributed by atoms with van der Waals surface area (Å²) in [5, 5.41) is 11.1. The van der Waals surface area contributed by atoms with Gasteiger partial charge >= 0.3 is 5.76 Å². The molecule has 4 aromatic heterocycles. The first-order chi connectivity index (χ1) is 24.8. The number of rotatable bonds is 8. The summed E-state index contributed by atoms with van der Waals surface area (Å²) in [6.07, 6.45) is 5.89. The van der Waals surface area contributed by atoms with Crippen molar-refractivity contribution in [3.05, 3.63) is 111 Å². The Hall–Kier alpha value is -5.43. The van der Waals surface area contributed by atoms with E-state index in [2.05, 4.69) is 15.5 Å². The van der Waals surface area contributed by atoms with Crippen molar-refractivity contribution in [3.63, 3.8) is 0 Å². The van der Waals surface area contributed by atoms with Crippen LogP contribution in [0, 0.1) is 17.6 Å². The Labute approximate surface area is 293 Å². The van der Waals surface area contributed by atoms with Gasteiger partial charge in [0.2, 0.25) is 0 Å². The molecule has 7 heterocycles. The van der Waals surface area contributed by atoms with Gasteiger partial charge in [0.05, 0.1) is 41.2 Å². The number of nitrogens with zero attached hydrogens (tertiary/aromatic N) is 4. The first-order valence-corrected chi connectivity index (χ1v) is 17.8. The molecule has 1 atom stereocenters. The highest BCUT2D eigenvalue weighted by Crippen LogP contribution is 2.63. The number of benzene rings is 2. The van der Waals surface area contributed by atoms with E-state index in [0.29, 0.717) is 59.9 Å². The molecule has 3 fully saturated rings. The Bertz CT molecular complexity index is 2490. The van der Waals surface area contributed by atoms with Gasteiger partial charge in [-0.2, -0.15) is 0 Å². The predicted molar refractivity (Wildman–Crippen MR) is 186 cm³/mol. The van der Waals surface area contributed by atoms with E-state index in [1.807, 2.05) is 17.0 Å². The number of hydrogen-bond donors (Lipinski definition) is 2. The summed E-state index contributed by atoms with van der Waals surface area (Å²) in [6.45, 7) is 0.689. The zero-order valence-electron chi connectivity index (χ0n) is 27.4. The summed E-state index contributed by atoms with van der Waals surface area (Å²) >= 11 is 1.52. The molecule has 11 rings (SSSR count). The highest BCUT2D eigenvalue weighted by molar-refractivity contribution is 7.22. The van der Waals surface area contributed by atoms with Crippen LogP contribution in [-0.2, 0) is 24.8 Å². The zero-order chi connectivity index (χ0) is 34.6. The van der Waals surface area contributed by atoms with Crippen LogP contribution in [0.15, 0.2) is 63.9 Å². The number of pyridine rings is 2. The number of carbonyl (C=O) groups excluding carboxylic acids is 1. The van der Waals surface area contributed by atoms with E-state index in [-0.39, 0.29) is 35.2 Å². The van der Waals surface area contributed by atoms with Crippen molar-refractivity contribution in [2.75, 3.05) is 19.0 Å². The quantitative estimate of drug-likeness (QED) is 0.175. The molecule has 1 amide bonds. The molecular formula is C38H30F2N6O4S. The van der Waals surface area contributed by atoms with Gasteiger partial charge in [0.15, 0.2) is 11.6 Å². The Morgan fingerprint density at radius 1 is 1.08 bits per heavy atom. The first-order valence-electron chi connectivity index (χ1n) is 17.0. The van der Waals surface area contributed by atoms with Gasteiger partial charge in [0.1, 0.15) is 11.6 Å². The molecule has 1 spiro atoms. The fourth-order valence-corrected chi connectivity index (χ4v) is 9.99. The third kappa shape index (κ3) is 4.46. The van der Waals surface area contributed by atoms with Crippen LogP contribution < -0.4 is 15.8 Å². The lowest BCUT2D eigenvalue weighted by atomic mass is 9.71. The number of aromatic nitrogens is 4. The second kappa shape index (κ2) is 11.0. The Morgan fingerprint density at radius 3 is 2.71 bits per heavy atom. The van der Waals surface area contributed by atoms with Crippen LogP contribution in [0.1, 0.15) is 63.7 Å². The highest BCUT2D eigenvalue weighted by Gasteiger charge is 2.65. The number of nitrogens with one attached hydrogen (secondary N) is 2. The molecule has 3 aliphatic heterocycles. The lowest BCUT2D eigenvalue weighted by Crippen LogP contribution is -2.40. The standard InChI is InChI=1S/C38H30F2N6O4S/c1-49-32-22-8-11-25(21(22)7-9-24(32)40)43-34-23-14-28(51-27(23)12-13-41-34)30-29(35-44-45-37(48)50-35)26(10-4-18-2-5-20(39)6-3-18)42-33-31(30)36(47)46-17-19-15-38(33,46)16-19/h2-3,5-7,9,12-14,19,25H,4,8,10-11,15-17H2,1H3,(H,41,43)(H,45,48)/t19?,25-,38?/m1/s1. The van der Waals surface area contributed by atoms with Gasteiger partial charge < -0.3 is 19.4 Å². The molecule has 5 aliphatic rings. The SMILES string of the molecule is COc1c(F)ccc2c1CC[C@H]2Nc1nccc2sc(-c3c4c(nc(CCc5ccc(F)cc5)c3-c3n[nH]c(=O)o3)C35CC(CN3C4=O)C5)cc12. The number of amides is 1.